The fourth-order valence-corrected chi connectivity index (χ4v) is 4.17. The van der Waals surface area contributed by atoms with E-state index in [1.165, 1.54) is 4.90 Å². The van der Waals surface area contributed by atoms with Crippen LogP contribution in [-0.4, -0.2) is 70.9 Å². The zero-order chi connectivity index (χ0) is 23.4. The first-order valence-electron chi connectivity index (χ1n) is 11.6. The quantitative estimate of drug-likeness (QED) is 0.574. The van der Waals surface area contributed by atoms with Gasteiger partial charge in [0.2, 0.25) is 5.95 Å². The SMILES string of the molecule is CCCOc1ccc(C2=C(N3CCN(c4ncccn4)CC3)C(=O)N(CC(C)C)C2=O)cc1. The van der Waals surface area contributed by atoms with Crippen LogP contribution in [0.3, 0.4) is 0 Å². The third kappa shape index (κ3) is 4.84. The van der Waals surface area contributed by atoms with E-state index >= 15 is 0 Å². The maximum Gasteiger partial charge on any atom is 0.277 e. The lowest BCUT2D eigenvalue weighted by molar-refractivity contribution is -0.138. The number of amides is 2. The van der Waals surface area contributed by atoms with Crippen LogP contribution in [0, 0.1) is 5.92 Å². The Kier molecular flexibility index (Phi) is 6.91. The number of ether oxygens (including phenoxy) is 1. The topological polar surface area (TPSA) is 78.9 Å². The van der Waals surface area contributed by atoms with Crippen molar-refractivity contribution in [3.8, 4) is 5.75 Å². The first-order valence-corrected chi connectivity index (χ1v) is 11.6. The average Bonchev–Trinajstić information content (AvgIpc) is 3.08. The molecule has 2 aromatic rings. The molecule has 8 heteroatoms. The van der Waals surface area contributed by atoms with Gasteiger partial charge in [0, 0.05) is 45.1 Å². The Morgan fingerprint density at radius 1 is 0.939 bits per heavy atom. The summed E-state index contributed by atoms with van der Waals surface area (Å²) in [6.07, 6.45) is 4.38. The summed E-state index contributed by atoms with van der Waals surface area (Å²) in [5, 5.41) is 0. The third-order valence-corrected chi connectivity index (χ3v) is 5.74. The van der Waals surface area contributed by atoms with Gasteiger partial charge >= 0.3 is 0 Å². The zero-order valence-electron chi connectivity index (χ0n) is 19.5. The second-order valence-corrected chi connectivity index (χ2v) is 8.73. The van der Waals surface area contributed by atoms with E-state index in [0.29, 0.717) is 56.5 Å². The van der Waals surface area contributed by atoms with Crippen molar-refractivity contribution < 1.29 is 14.3 Å². The van der Waals surface area contributed by atoms with Crippen molar-refractivity contribution >= 4 is 23.3 Å². The predicted octanol–water partition coefficient (Wildman–Crippen LogP) is 2.82. The highest BCUT2D eigenvalue weighted by molar-refractivity contribution is 6.35. The average molecular weight is 450 g/mol. The Morgan fingerprint density at radius 3 is 2.18 bits per heavy atom. The molecule has 1 fully saturated rings. The Hall–Kier alpha value is -3.42. The molecule has 0 N–H and O–H groups in total. The molecular weight excluding hydrogens is 418 g/mol. The molecule has 2 aliphatic heterocycles. The number of benzene rings is 1. The molecule has 1 saturated heterocycles. The first kappa shape index (κ1) is 22.8. The number of rotatable bonds is 8. The van der Waals surface area contributed by atoms with Gasteiger partial charge in [-0.15, -0.1) is 0 Å². The molecule has 0 aliphatic carbocycles. The normalized spacial score (nSPS) is 16.9. The van der Waals surface area contributed by atoms with E-state index in [1.54, 1.807) is 18.5 Å². The summed E-state index contributed by atoms with van der Waals surface area (Å²) < 4.78 is 5.69. The van der Waals surface area contributed by atoms with E-state index in [4.69, 9.17) is 4.74 Å². The number of hydrogen-bond acceptors (Lipinski definition) is 7. The van der Waals surface area contributed by atoms with Crippen molar-refractivity contribution in [3.05, 3.63) is 54.0 Å². The maximum absolute atomic E-state index is 13.4. The minimum absolute atomic E-state index is 0.190. The van der Waals surface area contributed by atoms with Gasteiger partial charge in [-0.1, -0.05) is 32.9 Å². The third-order valence-electron chi connectivity index (χ3n) is 5.74. The Bertz CT molecular complexity index is 1010. The monoisotopic (exact) mass is 449 g/mol. The molecule has 1 aromatic heterocycles. The molecule has 4 rings (SSSR count). The van der Waals surface area contributed by atoms with Crippen LogP contribution in [0.1, 0.15) is 32.8 Å². The van der Waals surface area contributed by atoms with Gasteiger partial charge in [-0.2, -0.15) is 0 Å². The van der Waals surface area contributed by atoms with Gasteiger partial charge < -0.3 is 14.5 Å². The van der Waals surface area contributed by atoms with Crippen LogP contribution >= 0.6 is 0 Å². The summed E-state index contributed by atoms with van der Waals surface area (Å²) in [7, 11) is 0. The summed E-state index contributed by atoms with van der Waals surface area (Å²) in [5.74, 6) is 1.20. The number of imide groups is 1. The van der Waals surface area contributed by atoms with E-state index < -0.39 is 0 Å². The number of piperazine rings is 1. The van der Waals surface area contributed by atoms with E-state index in [9.17, 15) is 9.59 Å². The highest BCUT2D eigenvalue weighted by atomic mass is 16.5. The Morgan fingerprint density at radius 2 is 1.58 bits per heavy atom. The number of hydrogen-bond donors (Lipinski definition) is 0. The summed E-state index contributed by atoms with van der Waals surface area (Å²) in [6.45, 7) is 9.70. The van der Waals surface area contributed by atoms with E-state index in [2.05, 4.69) is 21.8 Å². The molecule has 0 unspecified atom stereocenters. The Labute approximate surface area is 194 Å². The molecule has 0 saturated carbocycles. The number of nitrogens with zero attached hydrogens (tertiary/aromatic N) is 5. The highest BCUT2D eigenvalue weighted by Gasteiger charge is 2.42. The molecule has 174 valence electrons. The molecule has 3 heterocycles. The smallest absolute Gasteiger partial charge is 0.277 e. The summed E-state index contributed by atoms with van der Waals surface area (Å²) in [5.41, 5.74) is 1.72. The van der Waals surface area contributed by atoms with Gasteiger partial charge in [0.05, 0.1) is 12.2 Å². The number of carbonyl (C=O) groups excluding carboxylic acids is 2. The van der Waals surface area contributed by atoms with Crippen LogP contribution in [0.5, 0.6) is 5.75 Å². The molecule has 0 radical (unpaired) electrons. The van der Waals surface area contributed by atoms with Crippen molar-refractivity contribution in [1.29, 1.82) is 0 Å². The molecule has 0 bridgehead atoms. The second kappa shape index (κ2) is 10.0. The minimum atomic E-state index is -0.222. The van der Waals surface area contributed by atoms with Crippen molar-refractivity contribution in [2.24, 2.45) is 5.92 Å². The molecule has 33 heavy (non-hydrogen) atoms. The van der Waals surface area contributed by atoms with Crippen LogP contribution in [0.4, 0.5) is 5.95 Å². The number of aromatic nitrogens is 2. The predicted molar refractivity (Wildman–Crippen MR) is 127 cm³/mol. The van der Waals surface area contributed by atoms with Crippen LogP contribution < -0.4 is 9.64 Å². The van der Waals surface area contributed by atoms with E-state index in [0.717, 1.165) is 17.7 Å². The Balaban J connectivity index is 1.61. The minimum Gasteiger partial charge on any atom is -0.494 e. The summed E-state index contributed by atoms with van der Waals surface area (Å²) >= 11 is 0. The molecule has 2 amide bonds. The van der Waals surface area contributed by atoms with Gasteiger partial charge in [0.25, 0.3) is 11.8 Å². The molecule has 0 spiro atoms. The summed E-state index contributed by atoms with van der Waals surface area (Å²) in [6, 6.07) is 9.27. The van der Waals surface area contributed by atoms with E-state index in [1.807, 2.05) is 43.0 Å². The van der Waals surface area contributed by atoms with Crippen LogP contribution in [0.2, 0.25) is 0 Å². The first-order chi connectivity index (χ1) is 16.0. The number of anilines is 1. The van der Waals surface area contributed by atoms with Crippen molar-refractivity contribution in [1.82, 2.24) is 19.8 Å². The molecule has 0 atom stereocenters. The number of carbonyl (C=O) groups is 2. The molecule has 8 nitrogen and oxygen atoms in total. The fourth-order valence-electron chi connectivity index (χ4n) is 4.17. The van der Waals surface area contributed by atoms with Gasteiger partial charge in [-0.25, -0.2) is 9.97 Å². The van der Waals surface area contributed by atoms with Crippen molar-refractivity contribution in [2.75, 3.05) is 44.2 Å². The van der Waals surface area contributed by atoms with Crippen molar-refractivity contribution in [2.45, 2.75) is 27.2 Å². The molecule has 1 aromatic carbocycles. The zero-order valence-corrected chi connectivity index (χ0v) is 19.5. The van der Waals surface area contributed by atoms with Gasteiger partial charge in [0.15, 0.2) is 0 Å². The highest BCUT2D eigenvalue weighted by Crippen LogP contribution is 2.33. The standard InChI is InChI=1S/C25H31N5O3/c1-4-16-33-20-8-6-19(7-9-20)21-22(24(32)30(23(21)31)17-18(2)3)28-12-14-29(15-13-28)25-26-10-5-11-27-25/h5-11,18H,4,12-17H2,1-3H3. The largest absolute Gasteiger partial charge is 0.494 e. The van der Waals surface area contributed by atoms with E-state index in [-0.39, 0.29) is 17.7 Å². The second-order valence-electron chi connectivity index (χ2n) is 8.73. The summed E-state index contributed by atoms with van der Waals surface area (Å²) in [4.78, 5) is 41.0. The van der Waals surface area contributed by atoms with Gasteiger partial charge in [0.1, 0.15) is 11.4 Å². The lowest BCUT2D eigenvalue weighted by atomic mass is 10.0. The van der Waals surface area contributed by atoms with Gasteiger partial charge in [-0.05, 0) is 36.1 Å². The van der Waals surface area contributed by atoms with Crippen molar-refractivity contribution in [3.63, 3.8) is 0 Å². The molecule has 2 aliphatic rings. The molecular formula is C25H31N5O3. The van der Waals surface area contributed by atoms with Crippen LogP contribution in [-0.2, 0) is 9.59 Å². The lowest BCUT2D eigenvalue weighted by Crippen LogP contribution is -2.48. The van der Waals surface area contributed by atoms with Crippen LogP contribution in [0.15, 0.2) is 48.4 Å². The van der Waals surface area contributed by atoms with Gasteiger partial charge in [-0.3, -0.25) is 14.5 Å². The maximum atomic E-state index is 13.4. The van der Waals surface area contributed by atoms with Crippen LogP contribution in [0.25, 0.3) is 5.57 Å². The lowest BCUT2D eigenvalue weighted by Gasteiger charge is -2.36. The fraction of sp³-hybridized carbons (Fsp3) is 0.440.